The number of hydrogen-bond acceptors (Lipinski definition) is 12. The van der Waals surface area contributed by atoms with Gasteiger partial charge in [0.05, 0.1) is 35.1 Å². The summed E-state index contributed by atoms with van der Waals surface area (Å²) in [5.41, 5.74) is 6.30. The van der Waals surface area contributed by atoms with Crippen LogP contribution in [-0.2, 0) is 65.2 Å². The fourth-order valence-electron chi connectivity index (χ4n) is 7.90. The van der Waals surface area contributed by atoms with Gasteiger partial charge in [-0.05, 0) is 73.1 Å². The molecule has 2 aromatic carbocycles. The van der Waals surface area contributed by atoms with Crippen LogP contribution in [0.25, 0.3) is 22.3 Å². The minimum Gasteiger partial charge on any atom is -0.457 e. The lowest BCUT2D eigenvalue weighted by molar-refractivity contribution is -0.164. The number of unbranched alkanes of at least 4 members (excludes halogenated alkanes) is 1. The first-order valence-electron chi connectivity index (χ1n) is 19.9. The summed E-state index contributed by atoms with van der Waals surface area (Å²) in [5, 5.41) is 24.6. The van der Waals surface area contributed by atoms with Gasteiger partial charge in [0.2, 0.25) is 17.7 Å². The number of amides is 6. The molecule has 0 bridgehead atoms. The second-order valence-electron chi connectivity index (χ2n) is 15.1. The van der Waals surface area contributed by atoms with Crippen molar-refractivity contribution < 1.29 is 52.5 Å². The summed E-state index contributed by atoms with van der Waals surface area (Å²) < 4.78 is 32.3. The van der Waals surface area contributed by atoms with E-state index in [1.54, 1.807) is 31.2 Å². The van der Waals surface area contributed by atoms with E-state index in [0.717, 1.165) is 5.56 Å². The Bertz CT molecular complexity index is 2660. The molecule has 19 nitrogen and oxygen atoms in total. The third-order valence-corrected chi connectivity index (χ3v) is 11.0. The molecule has 2 aromatic heterocycles. The molecule has 63 heavy (non-hydrogen) atoms. The van der Waals surface area contributed by atoms with Crippen LogP contribution in [0.3, 0.4) is 0 Å². The number of esters is 1. The third kappa shape index (κ3) is 9.15. The minimum atomic E-state index is -2.50. The van der Waals surface area contributed by atoms with Gasteiger partial charge in [-0.15, -0.1) is 6.42 Å². The molecule has 328 valence electrons. The maximum atomic E-state index is 15.2. The van der Waals surface area contributed by atoms with Crippen molar-refractivity contribution in [1.29, 1.82) is 0 Å². The number of fused-ring (bicyclic) bond motifs is 5. The molecule has 0 fully saturated rings. The van der Waals surface area contributed by atoms with Gasteiger partial charge in [-0.25, -0.2) is 23.8 Å². The van der Waals surface area contributed by atoms with E-state index in [4.69, 9.17) is 31.4 Å². The standard InChI is InChI=1S/C43H43FN8O11/c1-3-43(60)28-14-32-38-26(17-52(32)39(56)27(28)19-62-40(43)57)37-30(12-11-25-22(2)29(44)15-31(51-38)36(25)37)50-35(55)20-61-21-48-34(54)16-47-42(59)63-18-23-7-9-24(10-8-23)49-33(53)6-4-5-13-46-41(45)58/h1,7-10,14-15,30,60H,4-6,11-13,16-21H2,2H3,(H,47,59)(H,48,54)(H,49,53)(H,50,55)(H3,45,46,58)/t30-,43-/m0/s1. The number of pyridine rings is 2. The molecule has 1 aliphatic carbocycles. The number of hydrogen-bond donors (Lipinski definition) is 7. The Morgan fingerprint density at radius 2 is 1.83 bits per heavy atom. The highest BCUT2D eigenvalue weighted by atomic mass is 19.1. The number of ether oxygens (including phenoxy) is 3. The van der Waals surface area contributed by atoms with Crippen LogP contribution in [0.2, 0.25) is 0 Å². The van der Waals surface area contributed by atoms with Crippen LogP contribution in [0, 0.1) is 25.1 Å². The van der Waals surface area contributed by atoms with E-state index >= 15 is 4.39 Å². The van der Waals surface area contributed by atoms with E-state index in [0.29, 0.717) is 76.8 Å². The first-order chi connectivity index (χ1) is 30.2. The van der Waals surface area contributed by atoms with Crippen LogP contribution < -0.4 is 37.9 Å². The number of primary amides is 1. The molecule has 20 heteroatoms. The second kappa shape index (κ2) is 18.3. The van der Waals surface area contributed by atoms with Crippen molar-refractivity contribution in [1.82, 2.24) is 30.8 Å². The molecule has 0 spiro atoms. The monoisotopic (exact) mass is 866 g/mol. The largest absolute Gasteiger partial charge is 0.457 e. The van der Waals surface area contributed by atoms with Crippen LogP contribution in [0.1, 0.15) is 70.7 Å². The Morgan fingerprint density at radius 3 is 2.57 bits per heavy atom. The lowest BCUT2D eigenvalue weighted by Crippen LogP contribution is -2.43. The summed E-state index contributed by atoms with van der Waals surface area (Å²) in [6.45, 7) is 0.318. The zero-order valence-corrected chi connectivity index (χ0v) is 34.0. The van der Waals surface area contributed by atoms with Gasteiger partial charge < -0.3 is 56.2 Å². The van der Waals surface area contributed by atoms with Gasteiger partial charge in [0, 0.05) is 41.2 Å². The number of carbonyl (C=O) groups excluding carboxylic acids is 6. The first-order valence-corrected chi connectivity index (χ1v) is 19.9. The summed E-state index contributed by atoms with van der Waals surface area (Å²) in [7, 11) is 0. The molecule has 2 atom stereocenters. The van der Waals surface area contributed by atoms with Crippen molar-refractivity contribution in [2.24, 2.45) is 5.73 Å². The zero-order chi connectivity index (χ0) is 45.0. The smallest absolute Gasteiger partial charge is 0.407 e. The number of benzene rings is 2. The number of halogens is 1. The molecule has 4 heterocycles. The fourth-order valence-corrected chi connectivity index (χ4v) is 7.90. The fraction of sp³-hybridized carbons (Fsp3) is 0.349. The number of nitrogens with two attached hydrogens (primary N) is 1. The van der Waals surface area contributed by atoms with Crippen molar-refractivity contribution in [3.63, 3.8) is 0 Å². The van der Waals surface area contributed by atoms with Crippen LogP contribution in [0.5, 0.6) is 0 Å². The highest BCUT2D eigenvalue weighted by Crippen LogP contribution is 2.45. The third-order valence-electron chi connectivity index (χ3n) is 11.0. The summed E-state index contributed by atoms with van der Waals surface area (Å²) in [6.07, 6.45) is 6.89. The van der Waals surface area contributed by atoms with Crippen molar-refractivity contribution in [3.05, 3.63) is 91.5 Å². The average molecular weight is 867 g/mol. The molecule has 2 aliphatic heterocycles. The lowest BCUT2D eigenvalue weighted by atomic mass is 9.81. The van der Waals surface area contributed by atoms with Crippen molar-refractivity contribution in [2.45, 2.75) is 70.4 Å². The lowest BCUT2D eigenvalue weighted by Gasteiger charge is -2.29. The Hall–Kier alpha value is -7.37. The van der Waals surface area contributed by atoms with Gasteiger partial charge in [-0.1, -0.05) is 18.1 Å². The van der Waals surface area contributed by atoms with Crippen LogP contribution in [-0.4, -0.2) is 76.9 Å². The number of anilines is 1. The quantitative estimate of drug-likeness (QED) is 0.0343. The van der Waals surface area contributed by atoms with Gasteiger partial charge in [0.1, 0.15) is 38.9 Å². The predicted octanol–water partition coefficient (Wildman–Crippen LogP) is 1.65. The molecule has 0 saturated carbocycles. The van der Waals surface area contributed by atoms with Crippen molar-refractivity contribution >= 4 is 52.4 Å². The Labute approximate surface area is 358 Å². The number of carbonyl (C=O) groups is 6. The number of aromatic nitrogens is 2. The van der Waals surface area contributed by atoms with Crippen LogP contribution in [0.15, 0.2) is 41.2 Å². The molecule has 7 rings (SSSR count). The first kappa shape index (κ1) is 43.7. The number of alkyl carbamates (subject to hydrolysis) is 1. The SMILES string of the molecule is C#C[C@@]1(O)C(=O)OCc2c1cc1n(c2=O)Cc2c-1nc1cc(F)c(C)c3c1c2[C@@H](NC(=O)COCNC(=O)CNC(=O)OCc1ccc(NC(=O)CCCCNC(N)=O)cc1)CC3. The van der Waals surface area contributed by atoms with Gasteiger partial charge in [-0.2, -0.15) is 0 Å². The highest BCUT2D eigenvalue weighted by molar-refractivity contribution is 5.94. The van der Waals surface area contributed by atoms with Gasteiger partial charge in [-0.3, -0.25) is 19.2 Å². The number of nitrogens with one attached hydrogen (secondary N) is 5. The number of aliphatic hydroxyl groups is 1. The number of cyclic esters (lactones) is 1. The van der Waals surface area contributed by atoms with E-state index in [1.165, 1.54) is 16.7 Å². The number of terminal acetylenes is 1. The van der Waals surface area contributed by atoms with Crippen LogP contribution >= 0.6 is 0 Å². The molecule has 3 aliphatic rings. The average Bonchev–Trinajstić information content (AvgIpc) is 3.63. The Kier molecular flexibility index (Phi) is 12.7. The van der Waals surface area contributed by atoms with E-state index < -0.39 is 72.7 Å². The molecule has 0 saturated heterocycles. The van der Waals surface area contributed by atoms with Crippen molar-refractivity contribution in [2.75, 3.05) is 31.7 Å². The summed E-state index contributed by atoms with van der Waals surface area (Å²) >= 11 is 0. The number of urea groups is 1. The summed E-state index contributed by atoms with van der Waals surface area (Å²) in [4.78, 5) is 91.7. The topological polar surface area (TPSA) is 271 Å². The van der Waals surface area contributed by atoms with E-state index in [-0.39, 0.29) is 49.0 Å². The summed E-state index contributed by atoms with van der Waals surface area (Å²) in [6, 6.07) is 8.12. The number of aryl methyl sites for hydroxylation is 1. The van der Waals surface area contributed by atoms with Crippen LogP contribution in [0.4, 0.5) is 19.7 Å². The van der Waals surface area contributed by atoms with Gasteiger partial charge in [0.25, 0.3) is 11.2 Å². The van der Waals surface area contributed by atoms with E-state index in [1.807, 2.05) is 5.92 Å². The molecule has 8 N–H and O–H groups in total. The van der Waals surface area contributed by atoms with E-state index in [2.05, 4.69) is 26.6 Å². The maximum absolute atomic E-state index is 15.2. The number of nitrogens with zero attached hydrogens (tertiary/aromatic N) is 2. The molecule has 0 radical (unpaired) electrons. The van der Waals surface area contributed by atoms with Gasteiger partial charge in [0.15, 0.2) is 0 Å². The molecular formula is C43H43FN8O11. The number of rotatable bonds is 15. The molecule has 6 amide bonds. The molecular weight excluding hydrogens is 824 g/mol. The maximum Gasteiger partial charge on any atom is 0.407 e. The predicted molar refractivity (Wildman–Crippen MR) is 221 cm³/mol. The minimum absolute atomic E-state index is 0.0164. The zero-order valence-electron chi connectivity index (χ0n) is 34.0. The Balaban J connectivity index is 0.901. The molecule has 4 aromatic rings. The van der Waals surface area contributed by atoms with Gasteiger partial charge >= 0.3 is 18.1 Å². The molecule has 0 unspecified atom stereocenters. The second-order valence-corrected chi connectivity index (χ2v) is 15.1. The summed E-state index contributed by atoms with van der Waals surface area (Å²) in [5.74, 6) is -0.867. The van der Waals surface area contributed by atoms with Crippen molar-refractivity contribution in [3.8, 4) is 23.7 Å². The normalized spacial score (nSPS) is 16.7. The van der Waals surface area contributed by atoms with E-state index in [9.17, 15) is 38.7 Å². The highest BCUT2D eigenvalue weighted by Gasteiger charge is 2.46. The Morgan fingerprint density at radius 1 is 1.05 bits per heavy atom.